The van der Waals surface area contributed by atoms with Crippen LogP contribution in [-0.4, -0.2) is 22.1 Å². The first kappa shape index (κ1) is 16.7. The summed E-state index contributed by atoms with van der Waals surface area (Å²) in [5.74, 6) is -0.405. The van der Waals surface area contributed by atoms with Crippen LogP contribution < -0.4 is 11.2 Å². The number of rotatable bonds is 5. The number of hydrogen-bond acceptors (Lipinski definition) is 4. The van der Waals surface area contributed by atoms with E-state index in [4.69, 9.17) is 4.74 Å². The molecule has 1 N–H and O–H groups in total. The molecule has 0 aliphatic heterocycles. The van der Waals surface area contributed by atoms with E-state index in [2.05, 4.69) is 4.98 Å². The van der Waals surface area contributed by atoms with Gasteiger partial charge in [0.05, 0.1) is 23.1 Å². The Hall–Kier alpha value is -3.15. The summed E-state index contributed by atoms with van der Waals surface area (Å²) in [6, 6.07) is 14.0. The molecule has 0 spiro atoms. The molecule has 6 nitrogen and oxygen atoms in total. The molecule has 6 heteroatoms. The molecule has 128 valence electrons. The third-order valence-corrected chi connectivity index (χ3v) is 4.01. The van der Waals surface area contributed by atoms with Gasteiger partial charge in [-0.15, -0.1) is 0 Å². The van der Waals surface area contributed by atoms with Gasteiger partial charge in [-0.25, -0.2) is 9.59 Å². The Balaban J connectivity index is 1.66. The number of nitrogens with one attached hydrogen (secondary N) is 1. The Morgan fingerprint density at radius 2 is 1.80 bits per heavy atom. The van der Waals surface area contributed by atoms with Crippen molar-refractivity contribution in [2.45, 2.75) is 19.9 Å². The number of para-hydroxylation sites is 1. The molecule has 0 atom stereocenters. The first-order chi connectivity index (χ1) is 12.1. The molecule has 0 saturated heterocycles. The molecule has 0 fully saturated rings. The third kappa shape index (κ3) is 3.52. The molecule has 1 heterocycles. The molecule has 0 bridgehead atoms. The number of aryl methyl sites for hydroxylation is 1. The smallest absolute Gasteiger partial charge is 0.338 e. The molecule has 0 saturated carbocycles. The van der Waals surface area contributed by atoms with Crippen LogP contribution in [0.15, 0.2) is 58.1 Å². The fourth-order valence-corrected chi connectivity index (χ4v) is 2.67. The maximum absolute atomic E-state index is 12.4. The summed E-state index contributed by atoms with van der Waals surface area (Å²) in [4.78, 5) is 39.1. The van der Waals surface area contributed by atoms with Crippen LogP contribution in [0.1, 0.15) is 22.3 Å². The van der Waals surface area contributed by atoms with Crippen molar-refractivity contribution in [3.8, 4) is 0 Å². The first-order valence-corrected chi connectivity index (χ1v) is 8.02. The number of aromatic amines is 1. The zero-order chi connectivity index (χ0) is 17.8. The van der Waals surface area contributed by atoms with Crippen molar-refractivity contribution in [1.29, 1.82) is 0 Å². The number of carbonyl (C=O) groups excluding carboxylic acids is 1. The van der Waals surface area contributed by atoms with Crippen molar-refractivity contribution in [3.63, 3.8) is 0 Å². The van der Waals surface area contributed by atoms with E-state index in [1.807, 2.05) is 19.1 Å². The lowest BCUT2D eigenvalue weighted by atomic mass is 10.1. The lowest BCUT2D eigenvalue weighted by Crippen LogP contribution is -2.35. The fourth-order valence-electron chi connectivity index (χ4n) is 2.67. The van der Waals surface area contributed by atoms with E-state index in [1.54, 1.807) is 36.4 Å². The normalized spacial score (nSPS) is 10.8. The van der Waals surface area contributed by atoms with Crippen molar-refractivity contribution >= 4 is 16.9 Å². The molecule has 25 heavy (non-hydrogen) atoms. The van der Waals surface area contributed by atoms with Crippen molar-refractivity contribution in [1.82, 2.24) is 9.55 Å². The monoisotopic (exact) mass is 338 g/mol. The van der Waals surface area contributed by atoms with Gasteiger partial charge in [-0.2, -0.15) is 0 Å². The Labute approximate surface area is 143 Å². The van der Waals surface area contributed by atoms with Gasteiger partial charge < -0.3 is 9.72 Å². The summed E-state index contributed by atoms with van der Waals surface area (Å²) in [5, 5.41) is 0.457. The van der Waals surface area contributed by atoms with Crippen molar-refractivity contribution < 1.29 is 9.53 Å². The molecule has 0 radical (unpaired) electrons. The van der Waals surface area contributed by atoms with Gasteiger partial charge in [-0.1, -0.05) is 30.3 Å². The van der Waals surface area contributed by atoms with Crippen LogP contribution in [0.25, 0.3) is 10.9 Å². The average Bonchev–Trinajstić information content (AvgIpc) is 2.61. The Kier molecular flexibility index (Phi) is 4.79. The minimum absolute atomic E-state index is 0.131. The summed E-state index contributed by atoms with van der Waals surface area (Å²) < 4.78 is 6.36. The highest BCUT2D eigenvalue weighted by Gasteiger charge is 2.10. The Morgan fingerprint density at radius 1 is 1.08 bits per heavy atom. The molecule has 0 aliphatic carbocycles. The van der Waals surface area contributed by atoms with Crippen LogP contribution in [0.3, 0.4) is 0 Å². The standard InChI is InChI=1S/C19H18N2O4/c1-13-7-2-3-8-14(13)18(23)25-12-6-11-21-17(22)15-9-4-5-10-16(15)20-19(21)24/h2-5,7-10H,6,11-12H2,1H3,(H,20,24). The highest BCUT2D eigenvalue weighted by Crippen LogP contribution is 2.09. The maximum Gasteiger partial charge on any atom is 0.338 e. The van der Waals surface area contributed by atoms with Crippen molar-refractivity contribution in [2.24, 2.45) is 0 Å². The molecular formula is C19H18N2O4. The Morgan fingerprint density at radius 3 is 2.60 bits per heavy atom. The van der Waals surface area contributed by atoms with Crippen LogP contribution in [0, 0.1) is 6.92 Å². The number of fused-ring (bicyclic) bond motifs is 1. The SMILES string of the molecule is Cc1ccccc1C(=O)OCCCn1c(=O)[nH]c2ccccc2c1=O. The fraction of sp³-hybridized carbons (Fsp3) is 0.211. The quantitative estimate of drug-likeness (QED) is 0.571. The second-order valence-corrected chi connectivity index (χ2v) is 5.74. The topological polar surface area (TPSA) is 81.2 Å². The number of carbonyl (C=O) groups is 1. The van der Waals surface area contributed by atoms with E-state index in [1.165, 1.54) is 0 Å². The van der Waals surface area contributed by atoms with E-state index in [9.17, 15) is 14.4 Å². The molecule has 0 aliphatic rings. The summed E-state index contributed by atoms with van der Waals surface area (Å²) in [6.45, 7) is 2.15. The number of esters is 1. The largest absolute Gasteiger partial charge is 0.462 e. The molecule has 1 aromatic heterocycles. The highest BCUT2D eigenvalue weighted by atomic mass is 16.5. The van der Waals surface area contributed by atoms with E-state index >= 15 is 0 Å². The van der Waals surface area contributed by atoms with Crippen LogP contribution in [0.4, 0.5) is 0 Å². The highest BCUT2D eigenvalue weighted by molar-refractivity contribution is 5.90. The number of hydrogen-bond donors (Lipinski definition) is 1. The number of benzene rings is 2. The second kappa shape index (κ2) is 7.17. The minimum Gasteiger partial charge on any atom is -0.462 e. The zero-order valence-corrected chi connectivity index (χ0v) is 13.8. The van der Waals surface area contributed by atoms with Gasteiger partial charge in [0.25, 0.3) is 5.56 Å². The molecule has 2 aromatic carbocycles. The predicted molar refractivity (Wildman–Crippen MR) is 94.9 cm³/mol. The summed E-state index contributed by atoms with van der Waals surface area (Å²) in [5.41, 5.74) is 1.07. The molecular weight excluding hydrogens is 320 g/mol. The lowest BCUT2D eigenvalue weighted by Gasteiger charge is -2.08. The number of aromatic nitrogens is 2. The van der Waals surface area contributed by atoms with Gasteiger partial charge in [0.15, 0.2) is 0 Å². The summed E-state index contributed by atoms with van der Waals surface area (Å²) in [6.07, 6.45) is 0.374. The van der Waals surface area contributed by atoms with E-state index in [0.29, 0.717) is 22.9 Å². The molecule has 0 amide bonds. The molecule has 3 rings (SSSR count). The van der Waals surface area contributed by atoms with Gasteiger partial charge >= 0.3 is 11.7 Å². The van der Waals surface area contributed by atoms with Crippen LogP contribution in [0.5, 0.6) is 0 Å². The van der Waals surface area contributed by atoms with E-state index in [-0.39, 0.29) is 18.7 Å². The third-order valence-electron chi connectivity index (χ3n) is 4.01. The van der Waals surface area contributed by atoms with Gasteiger partial charge in [0, 0.05) is 6.54 Å². The summed E-state index contributed by atoms with van der Waals surface area (Å²) in [7, 11) is 0. The van der Waals surface area contributed by atoms with Gasteiger partial charge in [0.2, 0.25) is 0 Å². The lowest BCUT2D eigenvalue weighted by molar-refractivity contribution is 0.0494. The minimum atomic E-state index is -0.464. The predicted octanol–water partition coefficient (Wildman–Crippen LogP) is 2.25. The van der Waals surface area contributed by atoms with Gasteiger partial charge in [0.1, 0.15) is 0 Å². The van der Waals surface area contributed by atoms with Gasteiger partial charge in [-0.05, 0) is 37.1 Å². The van der Waals surface area contributed by atoms with Crippen molar-refractivity contribution in [2.75, 3.05) is 6.61 Å². The van der Waals surface area contributed by atoms with Crippen molar-refractivity contribution in [3.05, 3.63) is 80.5 Å². The number of ether oxygens (including phenoxy) is 1. The zero-order valence-electron chi connectivity index (χ0n) is 13.8. The Bertz CT molecular complexity index is 1030. The van der Waals surface area contributed by atoms with Crippen LogP contribution >= 0.6 is 0 Å². The molecule has 0 unspecified atom stereocenters. The average molecular weight is 338 g/mol. The number of nitrogens with zero attached hydrogens (tertiary/aromatic N) is 1. The maximum atomic E-state index is 12.4. The van der Waals surface area contributed by atoms with E-state index < -0.39 is 11.7 Å². The van der Waals surface area contributed by atoms with Gasteiger partial charge in [-0.3, -0.25) is 9.36 Å². The molecule has 3 aromatic rings. The summed E-state index contributed by atoms with van der Waals surface area (Å²) >= 11 is 0. The number of H-pyrrole nitrogens is 1. The second-order valence-electron chi connectivity index (χ2n) is 5.74. The van der Waals surface area contributed by atoms with E-state index in [0.717, 1.165) is 10.1 Å². The van der Waals surface area contributed by atoms with Crippen LogP contribution in [0.2, 0.25) is 0 Å². The van der Waals surface area contributed by atoms with Crippen LogP contribution in [-0.2, 0) is 11.3 Å². The first-order valence-electron chi connectivity index (χ1n) is 8.02.